The summed E-state index contributed by atoms with van der Waals surface area (Å²) in [4.78, 5) is 32.2. The number of hydrogen-bond acceptors (Lipinski definition) is 5. The van der Waals surface area contributed by atoms with Crippen molar-refractivity contribution in [3.05, 3.63) is 40.5 Å². The lowest BCUT2D eigenvalue weighted by atomic mass is 10.0. The average molecular weight is 420 g/mol. The zero-order chi connectivity index (χ0) is 21.0. The first-order valence-corrected chi connectivity index (χ1v) is 10.7. The second-order valence-electron chi connectivity index (χ2n) is 7.69. The van der Waals surface area contributed by atoms with Crippen LogP contribution in [0.1, 0.15) is 31.7 Å². The highest BCUT2D eigenvalue weighted by Gasteiger charge is 2.42. The van der Waals surface area contributed by atoms with Crippen molar-refractivity contribution in [2.45, 2.75) is 32.2 Å². The minimum atomic E-state index is -0.233. The van der Waals surface area contributed by atoms with E-state index in [-0.39, 0.29) is 17.9 Å². The van der Waals surface area contributed by atoms with Gasteiger partial charge in [0.25, 0.3) is 11.8 Å². The fourth-order valence-electron chi connectivity index (χ4n) is 4.00. The number of halogens is 1. The van der Waals surface area contributed by atoms with Crippen LogP contribution >= 0.6 is 11.6 Å². The molecule has 158 valence electrons. The number of rotatable bonds is 8. The molecule has 29 heavy (non-hydrogen) atoms. The minimum absolute atomic E-state index is 0.210. The molecule has 0 aromatic heterocycles. The first kappa shape index (κ1) is 21.8. The topological polar surface area (TPSA) is 53.1 Å². The fourth-order valence-corrected chi connectivity index (χ4v) is 4.13. The highest BCUT2D eigenvalue weighted by Crippen LogP contribution is 2.34. The van der Waals surface area contributed by atoms with E-state index in [1.165, 1.54) is 4.90 Å². The summed E-state index contributed by atoms with van der Waals surface area (Å²) in [5, 5.41) is 0.602. The lowest BCUT2D eigenvalue weighted by molar-refractivity contribution is -0.137. The molecule has 0 radical (unpaired) electrons. The van der Waals surface area contributed by atoms with E-state index in [1.807, 2.05) is 31.0 Å². The Morgan fingerprint density at radius 1 is 1.14 bits per heavy atom. The van der Waals surface area contributed by atoms with Crippen LogP contribution in [0.2, 0.25) is 5.02 Å². The largest absolute Gasteiger partial charge is 0.382 e. The first-order chi connectivity index (χ1) is 13.9. The Hall–Kier alpha value is -1.89. The second kappa shape index (κ2) is 9.74. The van der Waals surface area contributed by atoms with Crippen molar-refractivity contribution in [3.63, 3.8) is 0 Å². The van der Waals surface area contributed by atoms with Gasteiger partial charge in [0, 0.05) is 37.9 Å². The summed E-state index contributed by atoms with van der Waals surface area (Å²) in [5.74, 6) is -0.443. The van der Waals surface area contributed by atoms with E-state index in [1.54, 1.807) is 12.1 Å². The van der Waals surface area contributed by atoms with E-state index < -0.39 is 0 Å². The van der Waals surface area contributed by atoms with E-state index in [9.17, 15) is 9.59 Å². The van der Waals surface area contributed by atoms with Crippen molar-refractivity contribution in [3.8, 4) is 0 Å². The van der Waals surface area contributed by atoms with Crippen LogP contribution in [-0.4, -0.2) is 79.5 Å². The average Bonchev–Trinajstić information content (AvgIpc) is 2.96. The predicted molar refractivity (Wildman–Crippen MR) is 114 cm³/mol. The molecule has 6 nitrogen and oxygen atoms in total. The van der Waals surface area contributed by atoms with Crippen LogP contribution in [0.4, 0.5) is 0 Å². The van der Waals surface area contributed by atoms with Gasteiger partial charge >= 0.3 is 0 Å². The Labute approximate surface area is 178 Å². The maximum absolute atomic E-state index is 13.3. The molecule has 0 N–H and O–H groups in total. The minimum Gasteiger partial charge on any atom is -0.382 e. The Bertz CT molecular complexity index is 770. The van der Waals surface area contributed by atoms with Gasteiger partial charge in [-0.1, -0.05) is 23.7 Å². The zero-order valence-corrected chi connectivity index (χ0v) is 18.2. The number of likely N-dealkylation sites (N-methyl/N-ethyl adjacent to an activating group) is 1. The van der Waals surface area contributed by atoms with E-state index in [0.29, 0.717) is 42.5 Å². The van der Waals surface area contributed by atoms with E-state index in [2.05, 4.69) is 11.9 Å². The number of carbonyl (C=O) groups is 2. The number of amides is 2. The number of nitrogens with zero attached hydrogens (tertiary/aromatic N) is 3. The number of piperidine rings is 1. The number of imide groups is 1. The summed E-state index contributed by atoms with van der Waals surface area (Å²) in [6.45, 7) is 5.42. The van der Waals surface area contributed by atoms with E-state index in [0.717, 1.165) is 31.5 Å². The van der Waals surface area contributed by atoms with Crippen LogP contribution in [0.25, 0.3) is 5.57 Å². The summed E-state index contributed by atoms with van der Waals surface area (Å²) in [5.41, 5.74) is 1.71. The van der Waals surface area contributed by atoms with Gasteiger partial charge in [-0.2, -0.15) is 0 Å². The molecule has 2 heterocycles. The molecule has 0 saturated carbocycles. The van der Waals surface area contributed by atoms with Crippen LogP contribution in [0.15, 0.2) is 30.0 Å². The van der Waals surface area contributed by atoms with Gasteiger partial charge in [-0.25, -0.2) is 0 Å². The van der Waals surface area contributed by atoms with Gasteiger partial charge in [-0.15, -0.1) is 0 Å². The molecule has 1 aromatic carbocycles. The zero-order valence-electron chi connectivity index (χ0n) is 17.5. The van der Waals surface area contributed by atoms with Gasteiger partial charge in [0.2, 0.25) is 0 Å². The number of likely N-dealkylation sites (tertiary alicyclic amines) is 1. The monoisotopic (exact) mass is 419 g/mol. The SMILES string of the molecule is CCOCCCN1C(=O)C(c2ccc(Cl)cc2)=C(N(C)C2CCN(C)CC2)C1=O. The highest BCUT2D eigenvalue weighted by molar-refractivity contribution is 6.36. The third-order valence-electron chi connectivity index (χ3n) is 5.74. The van der Waals surface area contributed by atoms with E-state index in [4.69, 9.17) is 16.3 Å². The van der Waals surface area contributed by atoms with Crippen LogP contribution in [0.3, 0.4) is 0 Å². The maximum Gasteiger partial charge on any atom is 0.277 e. The molecule has 2 amide bonds. The molecule has 1 fully saturated rings. The summed E-state index contributed by atoms with van der Waals surface area (Å²) < 4.78 is 5.38. The number of benzene rings is 1. The third-order valence-corrected chi connectivity index (χ3v) is 5.99. The molecule has 2 aliphatic rings. The summed E-state index contributed by atoms with van der Waals surface area (Å²) >= 11 is 6.04. The van der Waals surface area contributed by atoms with E-state index >= 15 is 0 Å². The summed E-state index contributed by atoms with van der Waals surface area (Å²) in [6, 6.07) is 7.38. The number of ether oxygens (including phenoxy) is 1. The molecule has 3 rings (SSSR count). The lowest BCUT2D eigenvalue weighted by Gasteiger charge is -2.36. The first-order valence-electron chi connectivity index (χ1n) is 10.3. The molecule has 0 unspecified atom stereocenters. The van der Waals surface area contributed by atoms with Gasteiger partial charge in [0.15, 0.2) is 0 Å². The molecule has 1 saturated heterocycles. The number of hydrogen-bond donors (Lipinski definition) is 0. The Morgan fingerprint density at radius 3 is 2.41 bits per heavy atom. The molecule has 7 heteroatoms. The van der Waals surface area contributed by atoms with Crippen molar-refractivity contribution < 1.29 is 14.3 Å². The molecular weight excluding hydrogens is 390 g/mol. The fraction of sp³-hybridized carbons (Fsp3) is 0.545. The Balaban J connectivity index is 1.90. The Morgan fingerprint density at radius 2 is 1.79 bits per heavy atom. The van der Waals surface area contributed by atoms with Gasteiger partial charge < -0.3 is 14.5 Å². The van der Waals surface area contributed by atoms with Gasteiger partial charge in [0.1, 0.15) is 5.70 Å². The molecule has 0 atom stereocenters. The predicted octanol–water partition coefficient (Wildman–Crippen LogP) is 2.87. The third kappa shape index (κ3) is 4.82. The summed E-state index contributed by atoms with van der Waals surface area (Å²) in [7, 11) is 4.05. The van der Waals surface area contributed by atoms with Crippen molar-refractivity contribution in [1.29, 1.82) is 0 Å². The molecule has 1 aromatic rings. The molecule has 0 bridgehead atoms. The quantitative estimate of drug-likeness (QED) is 0.479. The second-order valence-corrected chi connectivity index (χ2v) is 8.12. The normalized spacial score (nSPS) is 18.8. The van der Waals surface area contributed by atoms with Crippen LogP contribution < -0.4 is 0 Å². The lowest BCUT2D eigenvalue weighted by Crippen LogP contribution is -2.43. The van der Waals surface area contributed by atoms with Crippen LogP contribution in [0.5, 0.6) is 0 Å². The maximum atomic E-state index is 13.3. The summed E-state index contributed by atoms with van der Waals surface area (Å²) in [6.07, 6.45) is 2.57. The van der Waals surface area contributed by atoms with Gasteiger partial charge in [-0.3, -0.25) is 14.5 Å². The van der Waals surface area contributed by atoms with Crippen molar-refractivity contribution in [2.24, 2.45) is 0 Å². The van der Waals surface area contributed by atoms with Gasteiger partial charge in [-0.05, 0) is 64.0 Å². The molecule has 2 aliphatic heterocycles. The van der Waals surface area contributed by atoms with Crippen molar-refractivity contribution in [1.82, 2.24) is 14.7 Å². The molecule has 0 spiro atoms. The number of carbonyl (C=O) groups excluding carboxylic acids is 2. The van der Waals surface area contributed by atoms with Crippen LogP contribution in [-0.2, 0) is 14.3 Å². The molecule has 0 aliphatic carbocycles. The van der Waals surface area contributed by atoms with Crippen molar-refractivity contribution >= 4 is 29.0 Å². The standard InChI is InChI=1S/C22H30ClN3O3/c1-4-29-15-5-12-26-21(27)19(16-6-8-17(23)9-7-16)20(22(26)28)25(3)18-10-13-24(2)14-11-18/h6-9,18H,4-5,10-15H2,1-3H3. The van der Waals surface area contributed by atoms with Crippen LogP contribution in [0, 0.1) is 0 Å². The Kier molecular flexibility index (Phi) is 7.33. The molecular formula is C22H30ClN3O3. The smallest absolute Gasteiger partial charge is 0.277 e. The van der Waals surface area contributed by atoms with Gasteiger partial charge in [0.05, 0.1) is 5.57 Å². The highest BCUT2D eigenvalue weighted by atomic mass is 35.5. The van der Waals surface area contributed by atoms with Crippen molar-refractivity contribution in [2.75, 3.05) is 46.9 Å².